The highest BCUT2D eigenvalue weighted by Crippen LogP contribution is 2.61. The van der Waals surface area contributed by atoms with Crippen LogP contribution < -0.4 is 9.64 Å². The molecule has 0 saturated carbocycles. The summed E-state index contributed by atoms with van der Waals surface area (Å²) in [6.07, 6.45) is 0. The van der Waals surface area contributed by atoms with Gasteiger partial charge in [-0.3, -0.25) is 14.4 Å². The Hall–Kier alpha value is -3.73. The quantitative estimate of drug-likeness (QED) is 0.365. The normalized spacial score (nSPS) is 25.1. The number of amides is 2. The zero-order valence-electron chi connectivity index (χ0n) is 16.8. The summed E-state index contributed by atoms with van der Waals surface area (Å²) in [5, 5.41) is 0. The van der Waals surface area contributed by atoms with Gasteiger partial charge in [0.05, 0.1) is 17.5 Å². The number of nitrogens with zero attached hydrogens (tertiary/aromatic N) is 1. The van der Waals surface area contributed by atoms with Crippen molar-refractivity contribution in [1.82, 2.24) is 0 Å². The average Bonchev–Trinajstić information content (AvgIpc) is 3.05. The number of hydrogen-bond acceptors (Lipinski definition) is 4. The first-order valence-corrected chi connectivity index (χ1v) is 10.4. The maximum Gasteiger partial charge on any atom is 0.308 e. The van der Waals surface area contributed by atoms with Crippen LogP contribution in [0.2, 0.25) is 0 Å². The molecule has 2 atom stereocenters. The van der Waals surface area contributed by atoms with Crippen LogP contribution in [0.15, 0.2) is 72.8 Å². The molecule has 2 bridgehead atoms. The molecule has 0 N–H and O–H groups in total. The van der Waals surface area contributed by atoms with Gasteiger partial charge in [-0.15, -0.1) is 0 Å². The van der Waals surface area contributed by atoms with Crippen molar-refractivity contribution in [1.29, 1.82) is 0 Å². The van der Waals surface area contributed by atoms with E-state index in [0.29, 0.717) is 11.4 Å². The molecule has 3 aliphatic carbocycles. The first-order chi connectivity index (χ1) is 15.1. The molecule has 0 aromatic heterocycles. The van der Waals surface area contributed by atoms with E-state index in [1.807, 2.05) is 24.3 Å². The van der Waals surface area contributed by atoms with Crippen molar-refractivity contribution in [3.63, 3.8) is 0 Å². The number of esters is 1. The van der Waals surface area contributed by atoms with E-state index in [1.54, 1.807) is 24.3 Å². The molecular weight excluding hydrogens is 390 g/mol. The van der Waals surface area contributed by atoms with Gasteiger partial charge in [-0.2, -0.15) is 0 Å². The molecule has 7 rings (SSSR count). The van der Waals surface area contributed by atoms with Gasteiger partial charge in [-0.25, -0.2) is 4.90 Å². The van der Waals surface area contributed by atoms with E-state index in [1.165, 1.54) is 11.8 Å². The van der Waals surface area contributed by atoms with Crippen LogP contribution >= 0.6 is 0 Å². The lowest BCUT2D eigenvalue weighted by atomic mass is 9.55. The summed E-state index contributed by atoms with van der Waals surface area (Å²) in [5.74, 6) is -1.41. The van der Waals surface area contributed by atoms with Crippen molar-refractivity contribution in [2.45, 2.75) is 18.8 Å². The van der Waals surface area contributed by atoms with Crippen LogP contribution in [0.4, 0.5) is 5.69 Å². The fourth-order valence-electron chi connectivity index (χ4n) is 5.76. The molecule has 0 spiro atoms. The lowest BCUT2D eigenvalue weighted by Gasteiger charge is -2.45. The lowest BCUT2D eigenvalue weighted by Crippen LogP contribution is -2.41. The summed E-state index contributed by atoms with van der Waals surface area (Å²) in [5.41, 5.74) is 5.12. The van der Waals surface area contributed by atoms with Crippen molar-refractivity contribution >= 4 is 23.5 Å². The zero-order valence-corrected chi connectivity index (χ0v) is 16.8. The van der Waals surface area contributed by atoms with E-state index in [-0.39, 0.29) is 23.7 Å². The number of ether oxygens (including phenoxy) is 1. The summed E-state index contributed by atoms with van der Waals surface area (Å²) in [6.45, 7) is 1.33. The monoisotopic (exact) mass is 409 g/mol. The molecule has 1 heterocycles. The van der Waals surface area contributed by atoms with Crippen molar-refractivity contribution in [2.24, 2.45) is 11.8 Å². The van der Waals surface area contributed by atoms with Crippen molar-refractivity contribution in [3.8, 4) is 5.75 Å². The van der Waals surface area contributed by atoms with Gasteiger partial charge in [0.25, 0.3) is 0 Å². The molecule has 3 aromatic rings. The first kappa shape index (κ1) is 18.1. The number of carbonyl (C=O) groups excluding carboxylic acids is 3. The zero-order chi connectivity index (χ0) is 21.3. The molecule has 0 radical (unpaired) electrons. The van der Waals surface area contributed by atoms with Gasteiger partial charge in [0.15, 0.2) is 0 Å². The van der Waals surface area contributed by atoms with Crippen molar-refractivity contribution < 1.29 is 19.1 Å². The van der Waals surface area contributed by atoms with Gasteiger partial charge in [-0.05, 0) is 46.5 Å². The van der Waals surface area contributed by atoms with Crippen molar-refractivity contribution in [3.05, 3.63) is 95.1 Å². The van der Waals surface area contributed by atoms with Gasteiger partial charge in [-0.1, -0.05) is 48.5 Å². The highest BCUT2D eigenvalue weighted by atomic mass is 16.5. The third-order valence-corrected chi connectivity index (χ3v) is 6.80. The second kappa shape index (κ2) is 6.38. The molecule has 3 aromatic carbocycles. The SMILES string of the molecule is CC(=O)Oc1ccc(N2C(=O)C3C4c5ccccc5C(c5ccccc54)C3C2=O)cc1. The molecule has 31 heavy (non-hydrogen) atoms. The van der Waals surface area contributed by atoms with E-state index in [4.69, 9.17) is 4.74 Å². The molecule has 4 aliphatic rings. The minimum Gasteiger partial charge on any atom is -0.427 e. The predicted molar refractivity (Wildman–Crippen MR) is 114 cm³/mol. The van der Waals surface area contributed by atoms with Gasteiger partial charge in [0.2, 0.25) is 11.8 Å². The van der Waals surface area contributed by atoms with Crippen molar-refractivity contribution in [2.75, 3.05) is 4.90 Å². The van der Waals surface area contributed by atoms with E-state index in [0.717, 1.165) is 22.3 Å². The number of rotatable bonds is 2. The maximum absolute atomic E-state index is 13.6. The van der Waals surface area contributed by atoms with Crippen LogP contribution in [0.3, 0.4) is 0 Å². The average molecular weight is 409 g/mol. The third kappa shape index (κ3) is 2.40. The molecule has 5 heteroatoms. The van der Waals surface area contributed by atoms with Gasteiger partial charge in [0, 0.05) is 18.8 Å². The number of anilines is 1. The Balaban J connectivity index is 1.46. The minimum atomic E-state index is -0.417. The Kier molecular flexibility index (Phi) is 3.72. The van der Waals surface area contributed by atoms with Gasteiger partial charge < -0.3 is 4.74 Å². The highest BCUT2D eigenvalue weighted by Gasteiger charge is 2.61. The second-order valence-corrected chi connectivity index (χ2v) is 8.36. The third-order valence-electron chi connectivity index (χ3n) is 6.80. The standard InChI is InChI=1S/C26H19NO4/c1-14(28)31-16-12-10-15(11-13-16)27-25(29)23-21-17-6-2-3-7-18(17)22(24(23)26(27)30)20-9-5-4-8-19(20)21/h2-13,21-24H,1H3. The van der Waals surface area contributed by atoms with Crippen LogP contribution in [0.25, 0.3) is 0 Å². The number of hydrogen-bond donors (Lipinski definition) is 0. The summed E-state index contributed by atoms with van der Waals surface area (Å²) >= 11 is 0. The fourth-order valence-corrected chi connectivity index (χ4v) is 5.76. The summed E-state index contributed by atoms with van der Waals surface area (Å²) in [4.78, 5) is 39.8. The van der Waals surface area contributed by atoms with E-state index in [2.05, 4.69) is 24.3 Å². The number of carbonyl (C=O) groups is 3. The molecule has 2 amide bonds. The molecule has 1 aliphatic heterocycles. The van der Waals surface area contributed by atoms with Gasteiger partial charge >= 0.3 is 5.97 Å². The van der Waals surface area contributed by atoms with Crippen LogP contribution in [-0.2, 0) is 14.4 Å². The summed E-state index contributed by atoms with van der Waals surface area (Å²) < 4.78 is 5.08. The van der Waals surface area contributed by atoms with E-state index < -0.39 is 17.8 Å². The maximum atomic E-state index is 13.6. The Labute approximate surface area is 179 Å². The Morgan fingerprint density at radius 1 is 0.710 bits per heavy atom. The topological polar surface area (TPSA) is 63.7 Å². The summed E-state index contributed by atoms with van der Waals surface area (Å²) in [7, 11) is 0. The molecule has 5 nitrogen and oxygen atoms in total. The molecule has 1 fully saturated rings. The largest absolute Gasteiger partial charge is 0.427 e. The first-order valence-electron chi connectivity index (χ1n) is 10.4. The number of imide groups is 1. The molecule has 2 unspecified atom stereocenters. The van der Waals surface area contributed by atoms with E-state index >= 15 is 0 Å². The Morgan fingerprint density at radius 2 is 1.13 bits per heavy atom. The Morgan fingerprint density at radius 3 is 1.52 bits per heavy atom. The van der Waals surface area contributed by atoms with Crippen LogP contribution in [0.5, 0.6) is 5.75 Å². The van der Waals surface area contributed by atoms with Crippen LogP contribution in [0, 0.1) is 11.8 Å². The molecule has 152 valence electrons. The minimum absolute atomic E-state index is 0.121. The Bertz CT molecular complexity index is 1150. The van der Waals surface area contributed by atoms with E-state index in [9.17, 15) is 14.4 Å². The molecular formula is C26H19NO4. The van der Waals surface area contributed by atoms with Crippen LogP contribution in [-0.4, -0.2) is 17.8 Å². The van der Waals surface area contributed by atoms with Crippen LogP contribution in [0.1, 0.15) is 41.0 Å². The summed E-state index contributed by atoms with van der Waals surface area (Å²) in [6, 6.07) is 22.9. The molecule has 1 saturated heterocycles. The number of benzene rings is 3. The predicted octanol–water partition coefficient (Wildman–Crippen LogP) is 4.01. The van der Waals surface area contributed by atoms with Gasteiger partial charge in [0.1, 0.15) is 5.75 Å². The smallest absolute Gasteiger partial charge is 0.308 e. The lowest BCUT2D eigenvalue weighted by molar-refractivity contribution is -0.132. The highest BCUT2D eigenvalue weighted by molar-refractivity contribution is 6.23. The fraction of sp³-hybridized carbons (Fsp3) is 0.192. The second-order valence-electron chi connectivity index (χ2n) is 8.36.